The molecule has 0 amide bonds. The highest BCUT2D eigenvalue weighted by Gasteiger charge is 2.71. The maximum Gasteiger partial charge on any atom is 0.187 e. The van der Waals surface area contributed by atoms with Crippen molar-refractivity contribution >= 4 is 0 Å². The second-order valence-corrected chi connectivity index (χ2v) is 25.0. The van der Waals surface area contributed by atoms with Gasteiger partial charge < -0.3 is 109 Å². The first-order valence-electron chi connectivity index (χ1n) is 27.4. The Morgan fingerprint density at radius 1 is 0.587 bits per heavy atom. The van der Waals surface area contributed by atoms with E-state index in [2.05, 4.69) is 33.8 Å². The molecular formula is C53H90O22. The van der Waals surface area contributed by atoms with Crippen LogP contribution in [-0.4, -0.2) is 233 Å². The third-order valence-electron chi connectivity index (χ3n) is 20.5. The Morgan fingerprint density at radius 2 is 1.17 bits per heavy atom. The van der Waals surface area contributed by atoms with Crippen LogP contribution in [0.25, 0.3) is 0 Å². The summed E-state index contributed by atoms with van der Waals surface area (Å²) in [5.41, 5.74) is -1.42. The molecule has 22 heteroatoms. The Balaban J connectivity index is 1.01. The molecule has 0 aromatic rings. The molecule has 8 aliphatic rings. The summed E-state index contributed by atoms with van der Waals surface area (Å²) in [6.45, 7) is 12.9. The normalized spacial score (nSPS) is 51.7. The standard InChI is InChI=1S/C53H90O22/c1-24(2)9-8-15-52(7,75-47-43(67)39(63)37(61)30(72-47)22-69-45-41(65)34(58)27(57)21-68-45)26-12-16-50(5)25(26)10-11-32-51(50,6)17-13-31-49(3,4)33(14-18-53(31,32)23-56)73-48-44(40(64)36(60)29(20-55)71-48)74-46-42(66)38(62)35(59)28(19-54)70-46/h9,25-48,54-67H,8,10-23H2,1-7H3/t25-,26+,27-,28-,29-,30-,31-,32+,33-,34+,35-,36-,37-,38+,39+,40+,41-,42-,43-,44-,45-,46+,47+,48+,50-,51-,52+,53+/m1/s1. The minimum Gasteiger partial charge on any atom is -0.396 e. The number of fused-ring (bicyclic) bond motifs is 5. The largest absolute Gasteiger partial charge is 0.396 e. The fourth-order valence-electron chi connectivity index (χ4n) is 16.0. The molecule has 14 N–H and O–H groups in total. The Hall–Kier alpha value is -1.14. The highest BCUT2D eigenvalue weighted by atomic mass is 16.8. The summed E-state index contributed by atoms with van der Waals surface area (Å²) in [5, 5.41) is 150. The first-order chi connectivity index (χ1) is 35.2. The summed E-state index contributed by atoms with van der Waals surface area (Å²) < 4.78 is 48.8. The maximum absolute atomic E-state index is 11.9. The topological polar surface area (TPSA) is 357 Å². The van der Waals surface area contributed by atoms with E-state index in [1.54, 1.807) is 0 Å². The average molecular weight is 1080 g/mol. The Bertz CT molecular complexity index is 1930. The first kappa shape index (κ1) is 60.0. The lowest BCUT2D eigenvalue weighted by Crippen LogP contribution is -2.68. The lowest BCUT2D eigenvalue weighted by molar-refractivity contribution is -0.379. The molecule has 4 saturated carbocycles. The predicted octanol–water partition coefficient (Wildman–Crippen LogP) is -1.56. The Morgan fingerprint density at radius 3 is 1.81 bits per heavy atom. The zero-order valence-corrected chi connectivity index (χ0v) is 44.6. The molecule has 0 aromatic carbocycles. The summed E-state index contributed by atoms with van der Waals surface area (Å²) in [6.07, 6.45) is -20.5. The van der Waals surface area contributed by atoms with Gasteiger partial charge in [0.05, 0.1) is 38.1 Å². The van der Waals surface area contributed by atoms with Gasteiger partial charge in [-0.1, -0.05) is 39.3 Å². The van der Waals surface area contributed by atoms with E-state index >= 15 is 0 Å². The second-order valence-electron chi connectivity index (χ2n) is 25.0. The van der Waals surface area contributed by atoms with E-state index in [0.29, 0.717) is 25.7 Å². The van der Waals surface area contributed by atoms with E-state index in [9.17, 15) is 71.5 Å². The van der Waals surface area contributed by atoms with Crippen LogP contribution >= 0.6 is 0 Å². The molecule has 0 radical (unpaired) electrons. The third-order valence-corrected chi connectivity index (χ3v) is 20.5. The van der Waals surface area contributed by atoms with Crippen LogP contribution in [0.5, 0.6) is 0 Å². The Labute approximate surface area is 439 Å². The van der Waals surface area contributed by atoms with E-state index < -0.39 is 159 Å². The van der Waals surface area contributed by atoms with Gasteiger partial charge in [0, 0.05) is 12.0 Å². The van der Waals surface area contributed by atoms with Gasteiger partial charge >= 0.3 is 0 Å². The van der Waals surface area contributed by atoms with Crippen LogP contribution < -0.4 is 0 Å². The van der Waals surface area contributed by atoms with Crippen molar-refractivity contribution in [3.63, 3.8) is 0 Å². The zero-order chi connectivity index (χ0) is 54.9. The fourth-order valence-corrected chi connectivity index (χ4v) is 16.0. The second kappa shape index (κ2) is 23.0. The van der Waals surface area contributed by atoms with Crippen LogP contribution in [-0.2, 0) is 37.9 Å². The number of ether oxygens (including phenoxy) is 8. The molecule has 22 nitrogen and oxygen atoms in total. The molecule has 0 spiro atoms. The van der Waals surface area contributed by atoms with Crippen LogP contribution in [0, 0.1) is 45.3 Å². The number of hydrogen-bond donors (Lipinski definition) is 14. The summed E-state index contributed by atoms with van der Waals surface area (Å²) >= 11 is 0. The Kier molecular flexibility index (Phi) is 18.4. The van der Waals surface area contributed by atoms with Gasteiger partial charge in [-0.3, -0.25) is 0 Å². The van der Waals surface area contributed by atoms with Crippen LogP contribution in [0.2, 0.25) is 0 Å². The van der Waals surface area contributed by atoms with Crippen LogP contribution in [0.15, 0.2) is 11.6 Å². The third kappa shape index (κ3) is 10.6. The van der Waals surface area contributed by atoms with Crippen molar-refractivity contribution < 1.29 is 109 Å². The first-order valence-corrected chi connectivity index (χ1v) is 27.4. The summed E-state index contributed by atoms with van der Waals surface area (Å²) in [6, 6.07) is 0. The van der Waals surface area contributed by atoms with Crippen molar-refractivity contribution in [2.24, 2.45) is 45.3 Å². The SMILES string of the molecule is CC(C)=CCC[C@](C)(O[C@@H]1O[C@H](CO[C@H]2OC[C@@H](O)[C@H](O)[C@H]2O)[C@@H](O)[C@H](O)[C@H]1O)[C@H]1CC[C@]2(C)[C@@H]1CC[C@@H]1[C@]3(CO)CC[C@@H](O[C@@H]4O[C@H](CO)[C@@H](O)[C@H](O)[C@H]4O[C@@H]4O[C@H](CO)[C@@H](O)[C@H](O)[C@H]4O)C(C)(C)[C@H]3CC[C@]12C. The van der Waals surface area contributed by atoms with Gasteiger partial charge in [0.25, 0.3) is 0 Å². The molecule has 75 heavy (non-hydrogen) atoms. The van der Waals surface area contributed by atoms with Crippen LogP contribution in [0.4, 0.5) is 0 Å². The van der Waals surface area contributed by atoms with E-state index in [1.807, 2.05) is 20.8 Å². The average Bonchev–Trinajstić information content (AvgIpc) is 3.74. The molecule has 4 aliphatic carbocycles. The summed E-state index contributed by atoms with van der Waals surface area (Å²) in [7, 11) is 0. The van der Waals surface area contributed by atoms with Gasteiger partial charge in [0.1, 0.15) is 91.6 Å². The number of aliphatic hydroxyl groups is 14. The molecule has 434 valence electrons. The van der Waals surface area contributed by atoms with Crippen LogP contribution in [0.1, 0.15) is 113 Å². The molecule has 8 fully saturated rings. The smallest absolute Gasteiger partial charge is 0.187 e. The summed E-state index contributed by atoms with van der Waals surface area (Å²) in [4.78, 5) is 0. The molecular weight excluding hydrogens is 989 g/mol. The fraction of sp³-hybridized carbons (Fsp3) is 0.962. The van der Waals surface area contributed by atoms with Crippen molar-refractivity contribution in [2.45, 2.75) is 241 Å². The monoisotopic (exact) mass is 1080 g/mol. The molecule has 8 rings (SSSR count). The lowest BCUT2D eigenvalue weighted by atomic mass is 9.35. The molecule has 28 atom stereocenters. The van der Waals surface area contributed by atoms with Gasteiger partial charge in [-0.05, 0) is 125 Å². The van der Waals surface area contributed by atoms with Crippen molar-refractivity contribution in [1.82, 2.24) is 0 Å². The van der Waals surface area contributed by atoms with Crippen molar-refractivity contribution in [3.05, 3.63) is 11.6 Å². The van der Waals surface area contributed by atoms with Crippen molar-refractivity contribution in [3.8, 4) is 0 Å². The van der Waals surface area contributed by atoms with Crippen LogP contribution in [0.3, 0.4) is 0 Å². The van der Waals surface area contributed by atoms with E-state index in [0.717, 1.165) is 44.1 Å². The molecule has 0 bridgehead atoms. The predicted molar refractivity (Wildman–Crippen MR) is 260 cm³/mol. The van der Waals surface area contributed by atoms with Crippen molar-refractivity contribution in [1.29, 1.82) is 0 Å². The molecule has 0 aromatic heterocycles. The number of rotatable bonds is 16. The highest BCUT2D eigenvalue weighted by molar-refractivity contribution is 5.20. The summed E-state index contributed by atoms with van der Waals surface area (Å²) in [5.74, 6) is 0.135. The maximum atomic E-state index is 11.9. The molecule has 0 unspecified atom stereocenters. The quantitative estimate of drug-likeness (QED) is 0.0614. The molecule has 4 saturated heterocycles. The molecule has 4 aliphatic heterocycles. The minimum atomic E-state index is -1.82. The van der Waals surface area contributed by atoms with Gasteiger partial charge in [-0.25, -0.2) is 0 Å². The number of aliphatic hydroxyl groups excluding tert-OH is 14. The zero-order valence-electron chi connectivity index (χ0n) is 44.6. The van der Waals surface area contributed by atoms with Gasteiger partial charge in [0.15, 0.2) is 25.2 Å². The van der Waals surface area contributed by atoms with E-state index in [1.165, 1.54) is 0 Å². The minimum absolute atomic E-state index is 0.0346. The molecule has 4 heterocycles. The van der Waals surface area contributed by atoms with Gasteiger partial charge in [-0.2, -0.15) is 0 Å². The van der Waals surface area contributed by atoms with E-state index in [4.69, 9.17) is 37.9 Å². The van der Waals surface area contributed by atoms with Gasteiger partial charge in [0.2, 0.25) is 0 Å². The highest BCUT2D eigenvalue weighted by Crippen LogP contribution is 2.76. The number of allylic oxidation sites excluding steroid dienone is 2. The van der Waals surface area contributed by atoms with E-state index in [-0.39, 0.29) is 47.7 Å². The van der Waals surface area contributed by atoms with Gasteiger partial charge in [-0.15, -0.1) is 0 Å². The lowest BCUT2D eigenvalue weighted by Gasteiger charge is -2.70. The number of hydrogen-bond acceptors (Lipinski definition) is 22. The van der Waals surface area contributed by atoms with Crippen molar-refractivity contribution in [2.75, 3.05) is 33.0 Å².